The molecular formula is C10H10O2. The van der Waals surface area contributed by atoms with Gasteiger partial charge >= 0.3 is 0 Å². The van der Waals surface area contributed by atoms with E-state index in [1.54, 1.807) is 6.26 Å². The summed E-state index contributed by atoms with van der Waals surface area (Å²) in [5.41, 5.74) is 3.80. The van der Waals surface area contributed by atoms with Crippen LogP contribution in [0.5, 0.6) is 0 Å². The second kappa shape index (κ2) is 2.34. The SMILES string of the molecule is CC(C)=C1Cc2cocc2C1=O. The number of fused-ring (bicyclic) bond motifs is 1. The predicted octanol–water partition coefficient (Wildman–Crippen LogP) is 2.35. The molecule has 0 amide bonds. The summed E-state index contributed by atoms with van der Waals surface area (Å²) >= 11 is 0. The van der Waals surface area contributed by atoms with E-state index in [1.165, 1.54) is 6.26 Å². The minimum absolute atomic E-state index is 0.138. The number of furan rings is 1. The van der Waals surface area contributed by atoms with Crippen molar-refractivity contribution in [2.24, 2.45) is 0 Å². The number of Topliss-reactive ketones (excluding diaryl/α,β-unsaturated/α-hetero) is 1. The molecule has 0 saturated heterocycles. The van der Waals surface area contributed by atoms with Gasteiger partial charge in [-0.15, -0.1) is 0 Å². The molecule has 0 aliphatic heterocycles. The first-order chi connectivity index (χ1) is 5.70. The van der Waals surface area contributed by atoms with Gasteiger partial charge in [-0.3, -0.25) is 4.79 Å². The summed E-state index contributed by atoms with van der Waals surface area (Å²) in [7, 11) is 0. The van der Waals surface area contributed by atoms with Crippen LogP contribution in [-0.4, -0.2) is 5.78 Å². The molecule has 1 aliphatic carbocycles. The topological polar surface area (TPSA) is 30.2 Å². The molecule has 1 aromatic heterocycles. The van der Waals surface area contributed by atoms with Gasteiger partial charge in [0.2, 0.25) is 0 Å². The lowest BCUT2D eigenvalue weighted by molar-refractivity contribution is 0.103. The summed E-state index contributed by atoms with van der Waals surface area (Å²) in [6.45, 7) is 3.94. The van der Waals surface area contributed by atoms with E-state index in [4.69, 9.17) is 4.42 Å². The fourth-order valence-corrected chi connectivity index (χ4v) is 1.50. The Morgan fingerprint density at radius 1 is 1.42 bits per heavy atom. The Bertz CT molecular complexity index is 365. The molecule has 0 aromatic carbocycles. The largest absolute Gasteiger partial charge is 0.472 e. The van der Waals surface area contributed by atoms with Gasteiger partial charge in [0.1, 0.15) is 6.26 Å². The van der Waals surface area contributed by atoms with Gasteiger partial charge in [0.15, 0.2) is 5.78 Å². The molecule has 0 N–H and O–H groups in total. The minimum Gasteiger partial charge on any atom is -0.472 e. The van der Waals surface area contributed by atoms with Gasteiger partial charge in [0.25, 0.3) is 0 Å². The summed E-state index contributed by atoms with van der Waals surface area (Å²) in [5, 5.41) is 0. The molecule has 62 valence electrons. The summed E-state index contributed by atoms with van der Waals surface area (Å²) in [5.74, 6) is 0.138. The van der Waals surface area contributed by atoms with Gasteiger partial charge in [-0.1, -0.05) is 5.57 Å². The lowest BCUT2D eigenvalue weighted by Gasteiger charge is -1.96. The maximum absolute atomic E-state index is 11.6. The molecule has 1 heterocycles. The van der Waals surface area contributed by atoms with Crippen LogP contribution in [0.2, 0.25) is 0 Å². The van der Waals surface area contributed by atoms with Crippen LogP contribution in [-0.2, 0) is 6.42 Å². The van der Waals surface area contributed by atoms with Crippen LogP contribution in [0.25, 0.3) is 0 Å². The van der Waals surface area contributed by atoms with Crippen molar-refractivity contribution in [2.45, 2.75) is 20.3 Å². The third-order valence-corrected chi connectivity index (χ3v) is 2.23. The van der Waals surface area contributed by atoms with Gasteiger partial charge in [0, 0.05) is 17.6 Å². The molecular weight excluding hydrogens is 152 g/mol. The minimum atomic E-state index is 0.138. The Balaban J connectivity index is 2.53. The summed E-state index contributed by atoms with van der Waals surface area (Å²) in [6.07, 6.45) is 3.93. The third-order valence-electron chi connectivity index (χ3n) is 2.23. The molecule has 0 atom stereocenters. The number of rotatable bonds is 0. The van der Waals surface area contributed by atoms with E-state index in [-0.39, 0.29) is 5.78 Å². The van der Waals surface area contributed by atoms with Crippen LogP contribution >= 0.6 is 0 Å². The molecule has 2 heteroatoms. The van der Waals surface area contributed by atoms with Gasteiger partial charge in [-0.05, 0) is 13.8 Å². The molecule has 12 heavy (non-hydrogen) atoms. The van der Waals surface area contributed by atoms with Crippen molar-refractivity contribution in [3.05, 3.63) is 34.8 Å². The molecule has 0 unspecified atom stereocenters. The number of ketones is 1. The first kappa shape index (κ1) is 7.35. The second-order valence-electron chi connectivity index (χ2n) is 3.30. The summed E-state index contributed by atoms with van der Waals surface area (Å²) in [4.78, 5) is 11.6. The van der Waals surface area contributed by atoms with Crippen molar-refractivity contribution in [2.75, 3.05) is 0 Å². The van der Waals surface area contributed by atoms with Crippen LogP contribution in [0.4, 0.5) is 0 Å². The maximum Gasteiger partial charge on any atom is 0.192 e. The van der Waals surface area contributed by atoms with Gasteiger partial charge in [-0.25, -0.2) is 0 Å². The van der Waals surface area contributed by atoms with Crippen molar-refractivity contribution >= 4 is 5.78 Å². The quantitative estimate of drug-likeness (QED) is 0.548. The van der Waals surface area contributed by atoms with Gasteiger partial charge in [0.05, 0.1) is 11.8 Å². The van der Waals surface area contributed by atoms with E-state index in [0.717, 1.165) is 28.7 Å². The zero-order valence-electron chi connectivity index (χ0n) is 7.18. The lowest BCUT2D eigenvalue weighted by atomic mass is 10.1. The normalized spacial score (nSPS) is 15.2. The number of allylic oxidation sites excluding steroid dienone is 2. The molecule has 0 spiro atoms. The Hall–Kier alpha value is -1.31. The summed E-state index contributed by atoms with van der Waals surface area (Å²) < 4.78 is 4.94. The van der Waals surface area contributed by atoms with E-state index in [9.17, 15) is 4.79 Å². The average molecular weight is 162 g/mol. The number of hydrogen-bond donors (Lipinski definition) is 0. The second-order valence-corrected chi connectivity index (χ2v) is 3.30. The molecule has 0 bridgehead atoms. The number of carbonyl (C=O) groups excluding carboxylic acids is 1. The number of hydrogen-bond acceptors (Lipinski definition) is 2. The number of carbonyl (C=O) groups is 1. The smallest absolute Gasteiger partial charge is 0.192 e. The van der Waals surface area contributed by atoms with Gasteiger partial charge in [-0.2, -0.15) is 0 Å². The Labute approximate surface area is 70.9 Å². The molecule has 1 aliphatic rings. The van der Waals surface area contributed by atoms with Crippen molar-refractivity contribution in [3.8, 4) is 0 Å². The van der Waals surface area contributed by atoms with Crippen molar-refractivity contribution in [1.29, 1.82) is 0 Å². The highest BCUT2D eigenvalue weighted by Gasteiger charge is 2.26. The molecule has 2 rings (SSSR count). The van der Waals surface area contributed by atoms with E-state index in [0.29, 0.717) is 0 Å². The Morgan fingerprint density at radius 3 is 2.75 bits per heavy atom. The zero-order chi connectivity index (χ0) is 8.72. The predicted molar refractivity (Wildman–Crippen MR) is 45.1 cm³/mol. The van der Waals surface area contributed by atoms with E-state index in [2.05, 4.69) is 0 Å². The fourth-order valence-electron chi connectivity index (χ4n) is 1.50. The summed E-state index contributed by atoms with van der Waals surface area (Å²) in [6, 6.07) is 0. The molecule has 0 radical (unpaired) electrons. The van der Waals surface area contributed by atoms with E-state index in [1.807, 2.05) is 13.8 Å². The fraction of sp³-hybridized carbons (Fsp3) is 0.300. The van der Waals surface area contributed by atoms with Crippen LogP contribution in [0.15, 0.2) is 28.1 Å². The first-order valence-electron chi connectivity index (χ1n) is 3.96. The van der Waals surface area contributed by atoms with Crippen molar-refractivity contribution in [3.63, 3.8) is 0 Å². The highest BCUT2D eigenvalue weighted by Crippen LogP contribution is 2.28. The van der Waals surface area contributed by atoms with E-state index < -0.39 is 0 Å². The van der Waals surface area contributed by atoms with Crippen LogP contribution in [0.1, 0.15) is 29.8 Å². The standard InChI is InChI=1S/C10H10O2/c1-6(2)8-3-7-4-12-5-9(7)10(8)11/h4-5H,3H2,1-2H3. The van der Waals surface area contributed by atoms with Crippen LogP contribution in [0.3, 0.4) is 0 Å². The molecule has 0 fully saturated rings. The highest BCUT2D eigenvalue weighted by molar-refractivity contribution is 6.13. The monoisotopic (exact) mass is 162 g/mol. The maximum atomic E-state index is 11.6. The Morgan fingerprint density at radius 2 is 2.17 bits per heavy atom. The van der Waals surface area contributed by atoms with Gasteiger partial charge < -0.3 is 4.42 Å². The molecule has 1 aromatic rings. The Kier molecular flexibility index (Phi) is 1.43. The molecule has 0 saturated carbocycles. The van der Waals surface area contributed by atoms with Crippen molar-refractivity contribution in [1.82, 2.24) is 0 Å². The van der Waals surface area contributed by atoms with Crippen LogP contribution < -0.4 is 0 Å². The van der Waals surface area contributed by atoms with Crippen molar-refractivity contribution < 1.29 is 9.21 Å². The third kappa shape index (κ3) is 0.843. The highest BCUT2D eigenvalue weighted by atomic mass is 16.3. The molecule has 2 nitrogen and oxygen atoms in total. The lowest BCUT2D eigenvalue weighted by Crippen LogP contribution is -1.96. The zero-order valence-corrected chi connectivity index (χ0v) is 7.18. The van der Waals surface area contributed by atoms with Crippen LogP contribution in [0, 0.1) is 0 Å². The first-order valence-corrected chi connectivity index (χ1v) is 3.96. The average Bonchev–Trinajstić information content (AvgIpc) is 2.53. The van der Waals surface area contributed by atoms with E-state index >= 15 is 0 Å².